The average Bonchev–Trinajstić information content (AvgIpc) is 1.89. The molecule has 0 saturated heterocycles. The zero-order valence-corrected chi connectivity index (χ0v) is 6.92. The van der Waals surface area contributed by atoms with E-state index >= 15 is 0 Å². The first-order valence-electron chi connectivity index (χ1n) is 3.65. The van der Waals surface area contributed by atoms with Crippen molar-refractivity contribution in [1.29, 1.82) is 0 Å². The monoisotopic (exact) mass is 144 g/mol. The molecule has 1 unspecified atom stereocenters. The van der Waals surface area contributed by atoms with Gasteiger partial charge >= 0.3 is 0 Å². The van der Waals surface area contributed by atoms with Crippen LogP contribution >= 0.6 is 0 Å². The van der Waals surface area contributed by atoms with Crippen LogP contribution in [0.4, 0.5) is 0 Å². The van der Waals surface area contributed by atoms with Crippen molar-refractivity contribution in [3.8, 4) is 0 Å². The molecule has 0 aromatic carbocycles. The van der Waals surface area contributed by atoms with Gasteiger partial charge < -0.3 is 0 Å². The summed E-state index contributed by atoms with van der Waals surface area (Å²) in [6.45, 7) is 5.82. The third-order valence-electron chi connectivity index (χ3n) is 1.47. The highest BCUT2D eigenvalue weighted by Crippen LogP contribution is 2.17. The fraction of sp³-hybridized carbons (Fsp3) is 0.750. The molecule has 1 atom stereocenters. The smallest absolute Gasteiger partial charge is 0.118 e. The van der Waals surface area contributed by atoms with Crippen LogP contribution in [0.15, 0.2) is 12.2 Å². The Labute approximate surface area is 62.4 Å². The minimum Gasteiger partial charge on any atom is -0.251 e. The molecule has 0 aliphatic carbocycles. The molecule has 0 bridgehead atoms. The summed E-state index contributed by atoms with van der Waals surface area (Å²) in [6, 6.07) is 0. The van der Waals surface area contributed by atoms with E-state index in [-0.39, 0.29) is 0 Å². The summed E-state index contributed by atoms with van der Waals surface area (Å²) >= 11 is 0. The molecule has 2 heteroatoms. The van der Waals surface area contributed by atoms with E-state index in [0.717, 1.165) is 12.8 Å². The molecule has 0 fully saturated rings. The lowest BCUT2D eigenvalue weighted by molar-refractivity contribution is -0.304. The summed E-state index contributed by atoms with van der Waals surface area (Å²) < 4.78 is 0. The predicted octanol–water partition coefficient (Wildman–Crippen LogP) is 2.61. The van der Waals surface area contributed by atoms with Crippen LogP contribution in [0.5, 0.6) is 0 Å². The second kappa shape index (κ2) is 4.47. The SMILES string of the molecule is C/C=C/C(C)(CCC)OO. The summed E-state index contributed by atoms with van der Waals surface area (Å²) in [5.74, 6) is 0. The van der Waals surface area contributed by atoms with Crippen molar-refractivity contribution in [2.45, 2.75) is 39.2 Å². The molecule has 10 heavy (non-hydrogen) atoms. The summed E-state index contributed by atoms with van der Waals surface area (Å²) in [6.07, 6.45) is 5.58. The molecule has 0 spiro atoms. The molecule has 60 valence electrons. The van der Waals surface area contributed by atoms with Gasteiger partial charge in [-0.2, -0.15) is 0 Å². The first kappa shape index (κ1) is 9.66. The molecule has 2 nitrogen and oxygen atoms in total. The van der Waals surface area contributed by atoms with Crippen molar-refractivity contribution in [3.05, 3.63) is 12.2 Å². The van der Waals surface area contributed by atoms with Crippen LogP contribution in [0.25, 0.3) is 0 Å². The Bertz CT molecular complexity index is 110. The Hall–Kier alpha value is -0.340. The van der Waals surface area contributed by atoms with Gasteiger partial charge in [-0.25, -0.2) is 4.89 Å². The Morgan fingerprint density at radius 1 is 1.60 bits per heavy atom. The molecule has 0 amide bonds. The van der Waals surface area contributed by atoms with Gasteiger partial charge in [-0.05, 0) is 20.3 Å². The Kier molecular flexibility index (Phi) is 4.32. The normalized spacial score (nSPS) is 17.6. The zero-order valence-electron chi connectivity index (χ0n) is 6.92. The van der Waals surface area contributed by atoms with Crippen molar-refractivity contribution < 1.29 is 10.1 Å². The highest BCUT2D eigenvalue weighted by molar-refractivity contribution is 4.96. The van der Waals surface area contributed by atoms with Gasteiger partial charge in [-0.15, -0.1) is 0 Å². The van der Waals surface area contributed by atoms with E-state index in [0.29, 0.717) is 0 Å². The van der Waals surface area contributed by atoms with E-state index in [1.807, 2.05) is 26.0 Å². The topological polar surface area (TPSA) is 29.5 Å². The van der Waals surface area contributed by atoms with E-state index in [1.165, 1.54) is 0 Å². The van der Waals surface area contributed by atoms with E-state index in [2.05, 4.69) is 11.8 Å². The molecule has 0 heterocycles. The van der Waals surface area contributed by atoms with Crippen molar-refractivity contribution in [3.63, 3.8) is 0 Å². The zero-order chi connectivity index (χ0) is 8.04. The molecule has 0 aromatic heterocycles. The summed E-state index contributed by atoms with van der Waals surface area (Å²) in [5, 5.41) is 8.50. The van der Waals surface area contributed by atoms with Crippen LogP contribution in [0.3, 0.4) is 0 Å². The van der Waals surface area contributed by atoms with Gasteiger partial charge in [0.1, 0.15) is 5.60 Å². The first-order chi connectivity index (χ1) is 4.68. The molecular formula is C8H16O2. The average molecular weight is 144 g/mol. The van der Waals surface area contributed by atoms with Gasteiger partial charge in [0, 0.05) is 0 Å². The highest BCUT2D eigenvalue weighted by Gasteiger charge is 2.19. The Morgan fingerprint density at radius 2 is 2.20 bits per heavy atom. The standard InChI is InChI=1S/C8H16O2/c1-4-6-8(3,10-9)7-5-2/h4,6,9H,5,7H2,1-3H3/b6-4+. The van der Waals surface area contributed by atoms with Crippen LogP contribution in [-0.4, -0.2) is 10.9 Å². The van der Waals surface area contributed by atoms with Crippen LogP contribution in [0, 0.1) is 0 Å². The van der Waals surface area contributed by atoms with Gasteiger partial charge in [0.2, 0.25) is 0 Å². The molecule has 1 N–H and O–H groups in total. The fourth-order valence-corrected chi connectivity index (χ4v) is 1.01. The van der Waals surface area contributed by atoms with Gasteiger partial charge in [0.05, 0.1) is 0 Å². The molecule has 0 saturated carbocycles. The molecular weight excluding hydrogens is 128 g/mol. The van der Waals surface area contributed by atoms with Crippen LogP contribution in [0.1, 0.15) is 33.6 Å². The number of hydrogen-bond acceptors (Lipinski definition) is 2. The first-order valence-corrected chi connectivity index (χ1v) is 3.65. The van der Waals surface area contributed by atoms with Crippen molar-refractivity contribution in [2.24, 2.45) is 0 Å². The van der Waals surface area contributed by atoms with E-state index < -0.39 is 5.60 Å². The van der Waals surface area contributed by atoms with E-state index in [1.54, 1.807) is 0 Å². The second-order valence-electron chi connectivity index (χ2n) is 2.65. The van der Waals surface area contributed by atoms with Gasteiger partial charge in [-0.3, -0.25) is 5.26 Å². The maximum Gasteiger partial charge on any atom is 0.118 e. The van der Waals surface area contributed by atoms with Gasteiger partial charge in [-0.1, -0.05) is 25.5 Å². The van der Waals surface area contributed by atoms with Gasteiger partial charge in [0.25, 0.3) is 0 Å². The maximum absolute atomic E-state index is 8.50. The van der Waals surface area contributed by atoms with Crippen molar-refractivity contribution in [2.75, 3.05) is 0 Å². The van der Waals surface area contributed by atoms with Crippen molar-refractivity contribution >= 4 is 0 Å². The fourth-order valence-electron chi connectivity index (χ4n) is 1.01. The molecule has 0 aliphatic rings. The summed E-state index contributed by atoms with van der Waals surface area (Å²) in [5.41, 5.74) is -0.483. The lowest BCUT2D eigenvalue weighted by atomic mass is 10.0. The summed E-state index contributed by atoms with van der Waals surface area (Å²) in [4.78, 5) is 4.33. The minimum absolute atomic E-state index is 0.483. The highest BCUT2D eigenvalue weighted by atomic mass is 17.1. The van der Waals surface area contributed by atoms with Crippen LogP contribution in [0.2, 0.25) is 0 Å². The Morgan fingerprint density at radius 3 is 2.50 bits per heavy atom. The van der Waals surface area contributed by atoms with E-state index in [4.69, 9.17) is 5.26 Å². The third-order valence-corrected chi connectivity index (χ3v) is 1.47. The third kappa shape index (κ3) is 2.99. The van der Waals surface area contributed by atoms with Gasteiger partial charge in [0.15, 0.2) is 0 Å². The van der Waals surface area contributed by atoms with Crippen molar-refractivity contribution in [1.82, 2.24) is 0 Å². The molecule has 0 aliphatic heterocycles. The lowest BCUT2D eigenvalue weighted by Crippen LogP contribution is -2.23. The largest absolute Gasteiger partial charge is 0.251 e. The predicted molar refractivity (Wildman–Crippen MR) is 41.8 cm³/mol. The number of allylic oxidation sites excluding steroid dienone is 1. The van der Waals surface area contributed by atoms with E-state index in [9.17, 15) is 0 Å². The van der Waals surface area contributed by atoms with Crippen LogP contribution in [-0.2, 0) is 4.89 Å². The second-order valence-corrected chi connectivity index (χ2v) is 2.65. The Balaban J connectivity index is 3.94. The lowest BCUT2D eigenvalue weighted by Gasteiger charge is -2.20. The van der Waals surface area contributed by atoms with Crippen LogP contribution < -0.4 is 0 Å². The number of hydrogen-bond donors (Lipinski definition) is 1. The molecule has 0 radical (unpaired) electrons. The number of rotatable bonds is 4. The maximum atomic E-state index is 8.50. The molecule has 0 aromatic rings. The quantitative estimate of drug-likeness (QED) is 0.373. The minimum atomic E-state index is -0.483. The summed E-state index contributed by atoms with van der Waals surface area (Å²) in [7, 11) is 0. The molecule has 0 rings (SSSR count).